The minimum atomic E-state index is 0. The Bertz CT molecular complexity index is 93.2. The van der Waals surface area contributed by atoms with Crippen LogP contribution in [0.1, 0.15) is 0 Å². The molecule has 0 fully saturated rings. The monoisotopic (exact) mass is 229 g/mol. The van der Waals surface area contributed by atoms with Crippen molar-refractivity contribution < 1.29 is 17.1 Å². The molecule has 0 amide bonds. The Kier molecular flexibility index (Phi) is 1050. The van der Waals surface area contributed by atoms with Crippen LogP contribution in [0.2, 0.25) is 0 Å². The van der Waals surface area contributed by atoms with Crippen molar-refractivity contribution in [3.8, 4) is 0 Å². The van der Waals surface area contributed by atoms with Gasteiger partial charge in [0.05, 0.1) is 0 Å². The summed E-state index contributed by atoms with van der Waals surface area (Å²) in [5, 5.41) is 37.5. The molecule has 0 heterocycles. The van der Waals surface area contributed by atoms with Gasteiger partial charge in [0.25, 0.3) is 0 Å². The molecule has 7 nitrogen and oxygen atoms in total. The SMILES string of the molecule is N.[C-]#N.[C-]#N.[C-]#N.[C-]#N.[C-]#N.[C-]#N.[Fe+6]. The Labute approximate surface area is 94.7 Å². The van der Waals surface area contributed by atoms with Crippen molar-refractivity contribution in [3.05, 3.63) is 39.4 Å². The summed E-state index contributed by atoms with van der Waals surface area (Å²) in [7, 11) is 0. The molecule has 0 rings (SSSR count). The Morgan fingerprint density at radius 2 is 0.357 bits per heavy atom. The Balaban J connectivity index is -0.00000000500. The van der Waals surface area contributed by atoms with Gasteiger partial charge in [-0.25, -0.2) is 0 Å². The molecule has 14 heavy (non-hydrogen) atoms. The molecule has 0 spiro atoms. The van der Waals surface area contributed by atoms with E-state index in [0.29, 0.717) is 0 Å². The van der Waals surface area contributed by atoms with E-state index < -0.39 is 0 Å². The molecule has 0 aromatic heterocycles. The van der Waals surface area contributed by atoms with Crippen LogP contribution in [0.15, 0.2) is 0 Å². The van der Waals surface area contributed by atoms with Gasteiger partial charge in [-0.3, -0.25) is 0 Å². The Morgan fingerprint density at radius 1 is 0.357 bits per heavy atom. The molecule has 0 unspecified atom stereocenters. The second-order valence-corrected chi connectivity index (χ2v) is 0. The van der Waals surface area contributed by atoms with Crippen LogP contribution in [-0.4, -0.2) is 0 Å². The van der Waals surface area contributed by atoms with Gasteiger partial charge in [0.1, 0.15) is 0 Å². The first-order valence-corrected chi connectivity index (χ1v) is 1.34. The predicted molar refractivity (Wildman–Crippen MR) is 34.8 cm³/mol. The van der Waals surface area contributed by atoms with Crippen LogP contribution in [0.4, 0.5) is 0 Å². The van der Waals surface area contributed by atoms with E-state index in [1.165, 1.54) is 0 Å². The first kappa shape index (κ1) is 106. The van der Waals surface area contributed by atoms with E-state index >= 15 is 0 Å². The van der Waals surface area contributed by atoms with Crippen LogP contribution in [0.5, 0.6) is 0 Å². The van der Waals surface area contributed by atoms with Crippen molar-refractivity contribution >= 4 is 0 Å². The quantitative estimate of drug-likeness (QED) is 0.469. The third-order valence-electron chi connectivity index (χ3n) is 0. The maximum atomic E-state index is 6.25. The summed E-state index contributed by atoms with van der Waals surface area (Å²) in [5.41, 5.74) is 0. The molecule has 0 aromatic carbocycles. The van der Waals surface area contributed by atoms with Crippen LogP contribution in [0.3, 0.4) is 0 Å². The molecular weight excluding hydrogens is 226 g/mol. The predicted octanol–water partition coefficient (Wildman–Crippen LogP) is 0.738. The topological polar surface area (TPSA) is 178 Å². The number of hydrogen-bond donors (Lipinski definition) is 1. The zero-order chi connectivity index (χ0) is 12.0. The van der Waals surface area contributed by atoms with E-state index in [0.717, 1.165) is 0 Å². The Hall–Kier alpha value is -2.58. The Morgan fingerprint density at radius 3 is 0.357 bits per heavy atom. The summed E-state index contributed by atoms with van der Waals surface area (Å²) in [4.78, 5) is 0. The molecule has 0 aliphatic heterocycles. The largest absolute Gasteiger partial charge is 6.00 e. The number of nitrogens with zero attached hydrogens (tertiary/aromatic N) is 6. The molecule has 0 atom stereocenters. The van der Waals surface area contributed by atoms with Gasteiger partial charge in [-0.05, 0) is 0 Å². The minimum absolute atomic E-state index is 0. The van der Waals surface area contributed by atoms with E-state index in [9.17, 15) is 0 Å². The van der Waals surface area contributed by atoms with Crippen molar-refractivity contribution in [1.82, 2.24) is 6.15 Å². The maximum Gasteiger partial charge on any atom is 6.00 e. The second kappa shape index (κ2) is 139. The summed E-state index contributed by atoms with van der Waals surface area (Å²) in [6.45, 7) is 28.5. The number of rotatable bonds is 0. The van der Waals surface area contributed by atoms with Gasteiger partial charge in [0.2, 0.25) is 0 Å². The van der Waals surface area contributed by atoms with Gasteiger partial charge in [-0.2, -0.15) is 0 Å². The fourth-order valence-electron chi connectivity index (χ4n) is 0. The van der Waals surface area contributed by atoms with E-state index in [1.54, 1.807) is 0 Å². The van der Waals surface area contributed by atoms with Crippen LogP contribution in [-0.2, 0) is 17.1 Å². The first-order valence-electron chi connectivity index (χ1n) is 1.34. The number of hydrogen-bond acceptors (Lipinski definition) is 7. The fourth-order valence-corrected chi connectivity index (χ4v) is 0. The molecule has 70 valence electrons. The summed E-state index contributed by atoms with van der Waals surface area (Å²) in [6.07, 6.45) is 0. The van der Waals surface area contributed by atoms with Crippen molar-refractivity contribution in [3.63, 3.8) is 0 Å². The molecule has 0 saturated heterocycles. The van der Waals surface area contributed by atoms with Crippen LogP contribution < -0.4 is 6.15 Å². The zero-order valence-corrected chi connectivity index (χ0v) is 7.85. The van der Waals surface area contributed by atoms with E-state index in [-0.39, 0.29) is 23.2 Å². The summed E-state index contributed by atoms with van der Waals surface area (Å²) in [6, 6.07) is 0. The standard InChI is InChI=1S/6CN.Fe.H3N/c6*1-2;;/h;;;;;;;1H3/q6*-1;+6;. The van der Waals surface area contributed by atoms with Crippen molar-refractivity contribution in [2.75, 3.05) is 0 Å². The third-order valence-corrected chi connectivity index (χ3v) is 0. The molecule has 0 radical (unpaired) electrons. The van der Waals surface area contributed by atoms with E-state index in [2.05, 4.69) is 0 Å². The van der Waals surface area contributed by atoms with Gasteiger partial charge >= 0.3 is 17.1 Å². The zero-order valence-electron chi connectivity index (χ0n) is 6.74. The van der Waals surface area contributed by atoms with Crippen LogP contribution >= 0.6 is 0 Å². The van der Waals surface area contributed by atoms with Gasteiger partial charge in [-0.1, -0.05) is 0 Å². The van der Waals surface area contributed by atoms with Crippen LogP contribution in [0.25, 0.3) is 0 Å². The van der Waals surface area contributed by atoms with Gasteiger partial charge in [0.15, 0.2) is 0 Å². The molecular formula is C6H3FeN7. The molecule has 0 bridgehead atoms. The fraction of sp³-hybridized carbons (Fsp3) is 0. The molecule has 0 aliphatic rings. The third kappa shape index (κ3) is 100. The molecule has 0 saturated carbocycles. The minimum Gasteiger partial charge on any atom is -0.512 e. The summed E-state index contributed by atoms with van der Waals surface area (Å²) < 4.78 is 0. The smallest absolute Gasteiger partial charge is 0.512 e. The van der Waals surface area contributed by atoms with Crippen molar-refractivity contribution in [2.45, 2.75) is 0 Å². The molecule has 8 heteroatoms. The van der Waals surface area contributed by atoms with Crippen LogP contribution in [0, 0.1) is 71.0 Å². The second-order valence-electron chi connectivity index (χ2n) is 0. The summed E-state index contributed by atoms with van der Waals surface area (Å²) in [5.74, 6) is 0. The van der Waals surface area contributed by atoms with Crippen molar-refractivity contribution in [1.29, 1.82) is 31.6 Å². The average molecular weight is 229 g/mol. The first-order chi connectivity index (χ1) is 6.00. The molecule has 3 N–H and O–H groups in total. The normalized spacial score (nSPS) is 0.857. The summed E-state index contributed by atoms with van der Waals surface area (Å²) >= 11 is 0. The molecule has 0 aromatic rings. The molecule has 0 aliphatic carbocycles. The van der Waals surface area contributed by atoms with E-state index in [1.807, 2.05) is 0 Å². The van der Waals surface area contributed by atoms with Gasteiger partial charge in [0, 0.05) is 0 Å². The maximum absolute atomic E-state index is 6.25. The van der Waals surface area contributed by atoms with Gasteiger partial charge in [-0.15, -0.1) is 0 Å². The van der Waals surface area contributed by atoms with Crippen molar-refractivity contribution in [2.24, 2.45) is 0 Å². The average Bonchev–Trinajstić information content (AvgIpc) is 2.33. The van der Waals surface area contributed by atoms with Gasteiger partial charge < -0.3 is 77.2 Å². The van der Waals surface area contributed by atoms with E-state index in [4.69, 9.17) is 71.0 Å².